The molecule has 0 aromatic carbocycles. The molecule has 0 saturated carbocycles. The third-order valence-corrected chi connectivity index (χ3v) is 1.53. The molecule has 0 amide bonds. The Balaban J connectivity index is 3.46. The van der Waals surface area contributed by atoms with Crippen LogP contribution in [0.25, 0.3) is 0 Å². The van der Waals surface area contributed by atoms with Crippen molar-refractivity contribution < 1.29 is 9.52 Å². The minimum Gasteiger partial charge on any atom is -0.503 e. The maximum atomic E-state index is 9.13. The van der Waals surface area contributed by atoms with Gasteiger partial charge < -0.3 is 9.52 Å². The minimum atomic E-state index is 0.0700. The fraction of sp³-hybridized carbons (Fsp3) is 0.286. The van der Waals surface area contributed by atoms with Crippen LogP contribution in [0.1, 0.15) is 11.5 Å². The summed E-state index contributed by atoms with van der Waals surface area (Å²) in [6, 6.07) is 1.62. The molecule has 0 spiro atoms. The van der Waals surface area contributed by atoms with E-state index in [1.807, 2.05) is 0 Å². The first-order chi connectivity index (χ1) is 4.61. The largest absolute Gasteiger partial charge is 0.503 e. The normalized spacial score (nSPS) is 9.80. The molecule has 0 saturated heterocycles. The Morgan fingerprint density at radius 3 is 2.60 bits per heavy atom. The van der Waals surface area contributed by atoms with Crippen LogP contribution < -0.4 is 0 Å². The van der Waals surface area contributed by atoms with E-state index in [4.69, 9.17) is 21.7 Å². The topological polar surface area (TPSA) is 33.4 Å². The number of aryl methyl sites for hydroxylation is 2. The number of rotatable bonds is 0. The van der Waals surface area contributed by atoms with Gasteiger partial charge in [-0.05, 0) is 19.9 Å². The van der Waals surface area contributed by atoms with Gasteiger partial charge in [-0.25, -0.2) is 0 Å². The zero-order chi connectivity index (χ0) is 7.72. The standard InChI is InChI=1S/C7H8O2S/c1-4-3-6(10)7(8)5(2)9-4/h3,8H,1-2H3. The van der Waals surface area contributed by atoms with E-state index in [0.29, 0.717) is 10.3 Å². The Bertz CT molecular complexity index is 301. The highest BCUT2D eigenvalue weighted by atomic mass is 32.1. The van der Waals surface area contributed by atoms with Gasteiger partial charge in [0.2, 0.25) is 0 Å². The second-order valence-corrected chi connectivity index (χ2v) is 2.57. The summed E-state index contributed by atoms with van der Waals surface area (Å²) in [7, 11) is 0. The highest BCUT2D eigenvalue weighted by molar-refractivity contribution is 7.71. The summed E-state index contributed by atoms with van der Waals surface area (Å²) >= 11 is 4.82. The third kappa shape index (κ3) is 1.19. The van der Waals surface area contributed by atoms with Gasteiger partial charge >= 0.3 is 0 Å². The molecular formula is C7H8O2S. The predicted molar refractivity (Wildman–Crippen MR) is 40.7 cm³/mol. The van der Waals surface area contributed by atoms with Crippen molar-refractivity contribution in [3.63, 3.8) is 0 Å². The van der Waals surface area contributed by atoms with Gasteiger partial charge in [0.1, 0.15) is 11.5 Å². The van der Waals surface area contributed by atoms with E-state index < -0.39 is 0 Å². The lowest BCUT2D eigenvalue weighted by Gasteiger charge is -1.98. The number of hydrogen-bond donors (Lipinski definition) is 1. The van der Waals surface area contributed by atoms with E-state index in [-0.39, 0.29) is 5.75 Å². The summed E-state index contributed by atoms with van der Waals surface area (Å²) < 4.78 is 5.52. The van der Waals surface area contributed by atoms with Gasteiger partial charge in [-0.3, -0.25) is 0 Å². The third-order valence-electron chi connectivity index (χ3n) is 1.22. The van der Waals surface area contributed by atoms with Crippen LogP contribution in [0.3, 0.4) is 0 Å². The van der Waals surface area contributed by atoms with Crippen molar-refractivity contribution in [2.24, 2.45) is 0 Å². The molecule has 0 atom stereocenters. The van der Waals surface area contributed by atoms with Crippen molar-refractivity contribution in [1.29, 1.82) is 0 Å². The Kier molecular flexibility index (Phi) is 1.76. The smallest absolute Gasteiger partial charge is 0.172 e. The summed E-state index contributed by atoms with van der Waals surface area (Å²) in [6.07, 6.45) is 0. The fourth-order valence-electron chi connectivity index (χ4n) is 0.746. The van der Waals surface area contributed by atoms with Crippen LogP contribution in [-0.2, 0) is 0 Å². The lowest BCUT2D eigenvalue weighted by Crippen LogP contribution is -1.78. The van der Waals surface area contributed by atoms with Gasteiger partial charge in [-0.1, -0.05) is 12.2 Å². The molecule has 0 unspecified atom stereocenters. The Labute approximate surface area is 64.1 Å². The monoisotopic (exact) mass is 156 g/mol. The van der Waals surface area contributed by atoms with Crippen LogP contribution >= 0.6 is 12.2 Å². The average Bonchev–Trinajstić information content (AvgIpc) is 1.82. The molecule has 1 heterocycles. The number of aromatic hydroxyl groups is 1. The van der Waals surface area contributed by atoms with Crippen molar-refractivity contribution in [2.45, 2.75) is 13.8 Å². The Morgan fingerprint density at radius 2 is 2.10 bits per heavy atom. The highest BCUT2D eigenvalue weighted by Gasteiger charge is 1.99. The van der Waals surface area contributed by atoms with Gasteiger partial charge in [-0.15, -0.1) is 0 Å². The quantitative estimate of drug-likeness (QED) is 0.585. The van der Waals surface area contributed by atoms with Gasteiger partial charge in [0.05, 0.1) is 4.51 Å². The molecule has 0 bridgehead atoms. The van der Waals surface area contributed by atoms with Crippen molar-refractivity contribution in [3.8, 4) is 5.75 Å². The second-order valence-electron chi connectivity index (χ2n) is 2.13. The molecule has 0 aliphatic rings. The average molecular weight is 156 g/mol. The molecule has 0 radical (unpaired) electrons. The summed E-state index contributed by atoms with van der Waals surface area (Å²) in [6.45, 7) is 3.47. The van der Waals surface area contributed by atoms with Crippen molar-refractivity contribution >= 4 is 12.2 Å². The first-order valence-corrected chi connectivity index (χ1v) is 3.32. The fourth-order valence-corrected chi connectivity index (χ4v) is 1.06. The lowest BCUT2D eigenvalue weighted by molar-refractivity contribution is 0.404. The Morgan fingerprint density at radius 1 is 1.50 bits per heavy atom. The molecule has 54 valence electrons. The molecule has 1 aromatic rings. The van der Waals surface area contributed by atoms with E-state index >= 15 is 0 Å². The predicted octanol–water partition coefficient (Wildman–Crippen LogP) is 2.33. The van der Waals surface area contributed by atoms with E-state index in [1.54, 1.807) is 19.9 Å². The zero-order valence-corrected chi connectivity index (χ0v) is 6.66. The van der Waals surface area contributed by atoms with Gasteiger partial charge in [-0.2, -0.15) is 0 Å². The van der Waals surface area contributed by atoms with Crippen LogP contribution in [0.2, 0.25) is 0 Å². The van der Waals surface area contributed by atoms with Gasteiger partial charge in [0.15, 0.2) is 5.75 Å². The summed E-state index contributed by atoms with van der Waals surface area (Å²) in [5.74, 6) is 1.27. The first-order valence-electron chi connectivity index (χ1n) is 2.91. The van der Waals surface area contributed by atoms with Crippen molar-refractivity contribution in [2.75, 3.05) is 0 Å². The zero-order valence-electron chi connectivity index (χ0n) is 5.84. The molecular weight excluding hydrogens is 148 g/mol. The second kappa shape index (κ2) is 2.42. The Hall–Kier alpha value is -0.830. The number of hydrogen-bond acceptors (Lipinski definition) is 3. The maximum absolute atomic E-state index is 9.13. The van der Waals surface area contributed by atoms with Gasteiger partial charge in [0.25, 0.3) is 0 Å². The molecule has 2 nitrogen and oxygen atoms in total. The lowest BCUT2D eigenvalue weighted by atomic mass is 10.3. The highest BCUT2D eigenvalue weighted by Crippen LogP contribution is 2.18. The van der Waals surface area contributed by atoms with E-state index in [0.717, 1.165) is 5.76 Å². The SMILES string of the molecule is Cc1cc(=S)c(O)c(C)o1. The molecule has 1 N–H and O–H groups in total. The summed E-state index contributed by atoms with van der Waals surface area (Å²) in [5.41, 5.74) is 0. The van der Waals surface area contributed by atoms with Crippen LogP contribution in [-0.4, -0.2) is 5.11 Å². The molecule has 0 aliphatic heterocycles. The minimum absolute atomic E-state index is 0.0700. The van der Waals surface area contributed by atoms with Crippen molar-refractivity contribution in [3.05, 3.63) is 22.1 Å². The first kappa shape index (κ1) is 7.28. The molecule has 10 heavy (non-hydrogen) atoms. The van der Waals surface area contributed by atoms with Crippen molar-refractivity contribution in [1.82, 2.24) is 0 Å². The van der Waals surface area contributed by atoms with E-state index in [9.17, 15) is 0 Å². The molecule has 0 fully saturated rings. The van der Waals surface area contributed by atoms with Crippen LogP contribution in [0.15, 0.2) is 10.5 Å². The van der Waals surface area contributed by atoms with E-state index in [2.05, 4.69) is 0 Å². The molecule has 1 rings (SSSR count). The van der Waals surface area contributed by atoms with E-state index in [1.165, 1.54) is 0 Å². The summed E-state index contributed by atoms with van der Waals surface area (Å²) in [4.78, 5) is 0. The van der Waals surface area contributed by atoms with Crippen LogP contribution in [0.5, 0.6) is 5.75 Å². The molecule has 1 aromatic heterocycles. The molecule has 3 heteroatoms. The summed E-state index contributed by atoms with van der Waals surface area (Å²) in [5, 5.41) is 9.13. The van der Waals surface area contributed by atoms with Gasteiger partial charge in [0, 0.05) is 0 Å². The maximum Gasteiger partial charge on any atom is 0.172 e. The molecule has 0 aliphatic carbocycles. The van der Waals surface area contributed by atoms with Crippen LogP contribution in [0.4, 0.5) is 0 Å². The van der Waals surface area contributed by atoms with Crippen LogP contribution in [0, 0.1) is 18.4 Å².